The normalized spacial score (nSPS) is 16.8. The maximum absolute atomic E-state index is 12.7. The number of piperidine rings is 1. The zero-order valence-corrected chi connectivity index (χ0v) is 15.1. The summed E-state index contributed by atoms with van der Waals surface area (Å²) < 4.78 is 4.69. The number of nitrogens with one attached hydrogen (secondary N) is 1. The molecule has 1 fully saturated rings. The average Bonchev–Trinajstić information content (AvgIpc) is 2.67. The molecule has 1 aromatic heterocycles. The minimum absolute atomic E-state index is 0.0266. The molecule has 1 aromatic carbocycles. The van der Waals surface area contributed by atoms with Crippen molar-refractivity contribution in [1.82, 2.24) is 9.88 Å². The molecule has 0 aliphatic carbocycles. The van der Waals surface area contributed by atoms with Crippen LogP contribution < -0.4 is 5.32 Å². The fraction of sp³-hybridized carbons (Fsp3) is 0.350. The number of methoxy groups -OCH3 is 1. The first kappa shape index (κ1) is 17.9. The minimum atomic E-state index is -0.371. The van der Waals surface area contributed by atoms with Crippen LogP contribution >= 0.6 is 0 Å². The van der Waals surface area contributed by atoms with Crippen molar-refractivity contribution >= 4 is 23.3 Å². The Morgan fingerprint density at radius 2 is 1.96 bits per heavy atom. The van der Waals surface area contributed by atoms with Crippen molar-refractivity contribution < 1.29 is 14.3 Å². The van der Waals surface area contributed by atoms with E-state index < -0.39 is 0 Å². The van der Waals surface area contributed by atoms with Crippen LogP contribution in [0.25, 0.3) is 0 Å². The number of rotatable bonds is 4. The highest BCUT2D eigenvalue weighted by Crippen LogP contribution is 2.21. The lowest BCUT2D eigenvalue weighted by molar-refractivity contribution is 0.0600. The summed E-state index contributed by atoms with van der Waals surface area (Å²) in [5, 5.41) is 3.23. The molecule has 6 nitrogen and oxygen atoms in total. The number of ether oxygens (including phenoxy) is 1. The third-order valence-corrected chi connectivity index (χ3v) is 4.52. The molecule has 6 heteroatoms. The predicted octanol–water partition coefficient (Wildman–Crippen LogP) is 3.48. The summed E-state index contributed by atoms with van der Waals surface area (Å²) in [6.07, 6.45) is 3.84. The van der Waals surface area contributed by atoms with Gasteiger partial charge in [0.1, 0.15) is 5.69 Å². The third kappa shape index (κ3) is 4.20. The summed E-state index contributed by atoms with van der Waals surface area (Å²) in [4.78, 5) is 30.3. The second kappa shape index (κ2) is 7.99. The number of amides is 1. The van der Waals surface area contributed by atoms with Gasteiger partial charge in [-0.25, -0.2) is 4.79 Å². The lowest BCUT2D eigenvalue weighted by Gasteiger charge is -2.30. The summed E-state index contributed by atoms with van der Waals surface area (Å²) in [7, 11) is 1.35. The first-order valence-electron chi connectivity index (χ1n) is 8.77. The van der Waals surface area contributed by atoms with Crippen molar-refractivity contribution in [3.63, 3.8) is 0 Å². The van der Waals surface area contributed by atoms with Gasteiger partial charge in [0.25, 0.3) is 5.91 Å². The molecule has 26 heavy (non-hydrogen) atoms. The molecule has 2 aromatic rings. The van der Waals surface area contributed by atoms with Gasteiger partial charge in [0.2, 0.25) is 0 Å². The number of carbonyl (C=O) groups is 2. The molecule has 1 N–H and O–H groups in total. The van der Waals surface area contributed by atoms with Crippen LogP contribution in [-0.4, -0.2) is 42.0 Å². The molecule has 1 aliphatic heterocycles. The van der Waals surface area contributed by atoms with Crippen LogP contribution in [0.4, 0.5) is 11.4 Å². The molecule has 3 rings (SSSR count). The van der Waals surface area contributed by atoms with E-state index in [0.717, 1.165) is 30.9 Å². The Morgan fingerprint density at radius 3 is 2.65 bits per heavy atom. The van der Waals surface area contributed by atoms with Gasteiger partial charge in [-0.1, -0.05) is 6.92 Å². The van der Waals surface area contributed by atoms with E-state index in [-0.39, 0.29) is 11.9 Å². The van der Waals surface area contributed by atoms with Crippen molar-refractivity contribution in [1.29, 1.82) is 0 Å². The highest BCUT2D eigenvalue weighted by Gasteiger charge is 2.23. The van der Waals surface area contributed by atoms with Crippen molar-refractivity contribution in [3.05, 3.63) is 53.9 Å². The van der Waals surface area contributed by atoms with E-state index >= 15 is 0 Å². The molecule has 1 saturated heterocycles. The van der Waals surface area contributed by atoms with E-state index in [1.807, 2.05) is 11.0 Å². The summed E-state index contributed by atoms with van der Waals surface area (Å²) in [6, 6.07) is 10.5. The van der Waals surface area contributed by atoms with Crippen molar-refractivity contribution in [3.8, 4) is 0 Å². The highest BCUT2D eigenvalue weighted by atomic mass is 16.5. The van der Waals surface area contributed by atoms with Crippen molar-refractivity contribution in [2.45, 2.75) is 19.8 Å². The molecule has 136 valence electrons. The Labute approximate surface area is 153 Å². The Kier molecular flexibility index (Phi) is 5.51. The maximum Gasteiger partial charge on any atom is 0.337 e. The number of esters is 1. The number of benzene rings is 1. The second-order valence-electron chi connectivity index (χ2n) is 6.62. The number of nitrogens with zero attached hydrogens (tertiary/aromatic N) is 2. The predicted molar refractivity (Wildman–Crippen MR) is 99.6 cm³/mol. The smallest absolute Gasteiger partial charge is 0.337 e. The molecular formula is C20H23N3O3. The minimum Gasteiger partial charge on any atom is -0.465 e. The zero-order chi connectivity index (χ0) is 18.5. The quantitative estimate of drug-likeness (QED) is 0.852. The summed E-state index contributed by atoms with van der Waals surface area (Å²) in [6.45, 7) is 3.74. The van der Waals surface area contributed by atoms with Gasteiger partial charge in [-0.3, -0.25) is 9.78 Å². The largest absolute Gasteiger partial charge is 0.465 e. The van der Waals surface area contributed by atoms with E-state index in [9.17, 15) is 9.59 Å². The number of carbonyl (C=O) groups excluding carboxylic acids is 2. The van der Waals surface area contributed by atoms with Gasteiger partial charge in [-0.15, -0.1) is 0 Å². The lowest BCUT2D eigenvalue weighted by atomic mass is 10.00. The van der Waals surface area contributed by atoms with E-state index in [1.54, 1.807) is 36.5 Å². The van der Waals surface area contributed by atoms with Crippen LogP contribution in [0.1, 0.15) is 40.6 Å². The van der Waals surface area contributed by atoms with E-state index in [2.05, 4.69) is 17.2 Å². The molecular weight excluding hydrogens is 330 g/mol. The van der Waals surface area contributed by atoms with Gasteiger partial charge < -0.3 is 15.0 Å². The van der Waals surface area contributed by atoms with Crippen LogP contribution in [0.15, 0.2) is 42.6 Å². The Balaban J connectivity index is 1.71. The summed E-state index contributed by atoms with van der Waals surface area (Å²) in [5.74, 6) is 0.132. The second-order valence-corrected chi connectivity index (χ2v) is 6.62. The van der Waals surface area contributed by atoms with Gasteiger partial charge >= 0.3 is 5.97 Å². The van der Waals surface area contributed by atoms with Crippen molar-refractivity contribution in [2.75, 3.05) is 25.5 Å². The Bertz CT molecular complexity index is 789. The molecule has 1 amide bonds. The molecule has 0 bridgehead atoms. The first-order valence-corrected chi connectivity index (χ1v) is 8.77. The summed E-state index contributed by atoms with van der Waals surface area (Å²) in [5.41, 5.74) is 2.52. The van der Waals surface area contributed by atoms with Crippen LogP contribution in [0, 0.1) is 5.92 Å². The van der Waals surface area contributed by atoms with E-state index in [0.29, 0.717) is 17.2 Å². The van der Waals surface area contributed by atoms with Gasteiger partial charge in [-0.2, -0.15) is 0 Å². The Hall–Kier alpha value is -2.89. The SMILES string of the molecule is COC(=O)c1ccc(Nc2ccnc(C(=O)N3CCCC(C)C3)c2)cc1. The topological polar surface area (TPSA) is 71.5 Å². The molecule has 0 spiro atoms. The fourth-order valence-electron chi connectivity index (χ4n) is 3.14. The first-order chi connectivity index (χ1) is 12.6. The van der Waals surface area contributed by atoms with Crippen LogP contribution in [0.2, 0.25) is 0 Å². The Morgan fingerprint density at radius 1 is 1.19 bits per heavy atom. The van der Waals surface area contributed by atoms with Crippen LogP contribution in [0.3, 0.4) is 0 Å². The zero-order valence-electron chi connectivity index (χ0n) is 15.1. The molecule has 1 atom stereocenters. The molecule has 0 saturated carbocycles. The van der Waals surface area contributed by atoms with E-state index in [1.165, 1.54) is 13.5 Å². The van der Waals surface area contributed by atoms with Gasteiger partial charge in [0.05, 0.1) is 12.7 Å². The standard InChI is InChI=1S/C20H23N3O3/c1-14-4-3-11-23(13-14)19(24)18-12-17(9-10-21-18)22-16-7-5-15(6-8-16)20(25)26-2/h5-10,12,14H,3-4,11,13H2,1-2H3,(H,21,22). The van der Waals surface area contributed by atoms with Gasteiger partial charge in [-0.05, 0) is 55.2 Å². The number of hydrogen-bond acceptors (Lipinski definition) is 5. The van der Waals surface area contributed by atoms with Gasteiger partial charge in [0.15, 0.2) is 0 Å². The number of likely N-dealkylation sites (tertiary alicyclic amines) is 1. The summed E-state index contributed by atoms with van der Waals surface area (Å²) >= 11 is 0. The number of anilines is 2. The average molecular weight is 353 g/mol. The van der Waals surface area contributed by atoms with E-state index in [4.69, 9.17) is 4.74 Å². The van der Waals surface area contributed by atoms with Crippen molar-refractivity contribution in [2.24, 2.45) is 5.92 Å². The highest BCUT2D eigenvalue weighted by molar-refractivity contribution is 5.93. The van der Waals surface area contributed by atoms with Gasteiger partial charge in [0, 0.05) is 30.7 Å². The number of hydrogen-bond donors (Lipinski definition) is 1. The maximum atomic E-state index is 12.7. The molecule has 1 aliphatic rings. The third-order valence-electron chi connectivity index (χ3n) is 4.52. The molecule has 1 unspecified atom stereocenters. The lowest BCUT2D eigenvalue weighted by Crippen LogP contribution is -2.39. The molecule has 2 heterocycles. The fourth-order valence-corrected chi connectivity index (χ4v) is 3.14. The van der Waals surface area contributed by atoms with Crippen LogP contribution in [0.5, 0.6) is 0 Å². The van der Waals surface area contributed by atoms with Crippen LogP contribution in [-0.2, 0) is 4.74 Å². The number of aromatic nitrogens is 1. The monoisotopic (exact) mass is 353 g/mol. The molecule has 0 radical (unpaired) electrons. The number of pyridine rings is 1.